The molecule has 0 atom stereocenters. The summed E-state index contributed by atoms with van der Waals surface area (Å²) in [5.74, 6) is 5.10. The van der Waals surface area contributed by atoms with Gasteiger partial charge in [-0.25, -0.2) is 5.84 Å². The number of nitrogens with zero attached hydrogens (tertiary/aromatic N) is 1. The number of nitrogen functional groups attached to an aromatic ring is 1. The Bertz CT molecular complexity index is 499. The average molecular weight is 295 g/mol. The van der Waals surface area contributed by atoms with Crippen LogP contribution in [0.15, 0.2) is 6.07 Å². The first kappa shape index (κ1) is 15.0. The third-order valence-electron chi connectivity index (χ3n) is 3.66. The number of carbonyl (C=O) groups is 2. The van der Waals surface area contributed by atoms with E-state index in [9.17, 15) is 9.59 Å². The van der Waals surface area contributed by atoms with Crippen LogP contribution in [0.3, 0.4) is 0 Å². The Kier molecular flexibility index (Phi) is 5.14. The van der Waals surface area contributed by atoms with Gasteiger partial charge in [-0.3, -0.25) is 15.0 Å². The van der Waals surface area contributed by atoms with Crippen molar-refractivity contribution in [1.29, 1.82) is 0 Å². The molecule has 6 heteroatoms. The molecule has 2 heterocycles. The van der Waals surface area contributed by atoms with E-state index in [4.69, 9.17) is 5.84 Å². The van der Waals surface area contributed by atoms with Gasteiger partial charge in [-0.2, -0.15) is 0 Å². The molecule has 0 aromatic carbocycles. The second-order valence-corrected chi connectivity index (χ2v) is 6.40. The first-order chi connectivity index (χ1) is 9.61. The van der Waals surface area contributed by atoms with Crippen LogP contribution in [0.25, 0.3) is 0 Å². The lowest BCUT2D eigenvalue weighted by Gasteiger charge is -2.24. The third kappa shape index (κ3) is 3.58. The zero-order valence-corrected chi connectivity index (χ0v) is 12.6. The number of rotatable bonds is 3. The van der Waals surface area contributed by atoms with E-state index in [0.29, 0.717) is 17.8 Å². The minimum atomic E-state index is -0.275. The van der Waals surface area contributed by atoms with Gasteiger partial charge in [-0.15, -0.1) is 11.3 Å². The smallest absolute Gasteiger partial charge is 0.275 e. The highest BCUT2D eigenvalue weighted by atomic mass is 32.1. The van der Waals surface area contributed by atoms with Crippen LogP contribution >= 0.6 is 11.3 Å². The fourth-order valence-electron chi connectivity index (χ4n) is 2.45. The second kappa shape index (κ2) is 6.85. The van der Waals surface area contributed by atoms with Crippen LogP contribution in [0, 0.1) is 6.92 Å². The topological polar surface area (TPSA) is 75.4 Å². The molecule has 0 spiro atoms. The molecule has 0 bridgehead atoms. The van der Waals surface area contributed by atoms with Crippen molar-refractivity contribution in [1.82, 2.24) is 10.3 Å². The third-order valence-corrected chi connectivity index (χ3v) is 4.75. The van der Waals surface area contributed by atoms with Crippen molar-refractivity contribution in [2.75, 3.05) is 6.54 Å². The highest BCUT2D eigenvalue weighted by molar-refractivity contribution is 7.14. The molecule has 0 saturated carbocycles. The predicted octanol–water partition coefficient (Wildman–Crippen LogP) is 1.95. The molecule has 3 N–H and O–H groups in total. The van der Waals surface area contributed by atoms with E-state index in [1.165, 1.54) is 17.8 Å². The number of nitrogens with two attached hydrogens (primary N) is 1. The molecular formula is C14H21N3O2S. The monoisotopic (exact) mass is 295 g/mol. The minimum Gasteiger partial charge on any atom is -0.338 e. The maximum absolute atomic E-state index is 12.1. The maximum Gasteiger partial charge on any atom is 0.275 e. The molecule has 2 rings (SSSR count). The molecule has 1 aliphatic heterocycles. The summed E-state index contributed by atoms with van der Waals surface area (Å²) in [5.41, 5.74) is 3.19. The van der Waals surface area contributed by atoms with Gasteiger partial charge in [-0.1, -0.05) is 12.8 Å². The highest BCUT2D eigenvalue weighted by Gasteiger charge is 2.18. The van der Waals surface area contributed by atoms with E-state index in [1.807, 2.05) is 17.9 Å². The van der Waals surface area contributed by atoms with Gasteiger partial charge in [-0.05, 0) is 31.4 Å². The molecule has 1 aliphatic rings. The first-order valence-electron chi connectivity index (χ1n) is 7.00. The summed E-state index contributed by atoms with van der Waals surface area (Å²) in [4.78, 5) is 27.2. The standard InChI is InChI=1S/C14H21N3O2S/c1-10-11(8-12(20-10)14(19)16-15)9-17-7-5-3-2-4-6-13(17)18/h8H,2-7,9,15H2,1H3,(H,16,19). The number of hydrazine groups is 1. The molecule has 1 aromatic rings. The summed E-state index contributed by atoms with van der Waals surface area (Å²) in [7, 11) is 0. The van der Waals surface area contributed by atoms with Crippen molar-refractivity contribution < 1.29 is 9.59 Å². The number of hydrogen-bond acceptors (Lipinski definition) is 4. The molecular weight excluding hydrogens is 274 g/mol. The molecule has 0 radical (unpaired) electrons. The van der Waals surface area contributed by atoms with Crippen LogP contribution in [-0.4, -0.2) is 23.3 Å². The molecule has 1 saturated heterocycles. The van der Waals surface area contributed by atoms with Crippen molar-refractivity contribution in [2.24, 2.45) is 5.84 Å². The number of aryl methyl sites for hydroxylation is 1. The van der Waals surface area contributed by atoms with Crippen molar-refractivity contribution in [3.8, 4) is 0 Å². The van der Waals surface area contributed by atoms with Gasteiger partial charge in [0.1, 0.15) is 0 Å². The fourth-order valence-corrected chi connectivity index (χ4v) is 3.39. The van der Waals surface area contributed by atoms with E-state index in [0.717, 1.165) is 36.2 Å². The molecule has 2 amide bonds. The quantitative estimate of drug-likeness (QED) is 0.508. The Labute approximate surface area is 123 Å². The molecule has 0 aliphatic carbocycles. The number of carbonyl (C=O) groups excluding carboxylic acids is 2. The highest BCUT2D eigenvalue weighted by Crippen LogP contribution is 2.24. The van der Waals surface area contributed by atoms with Crippen molar-refractivity contribution in [2.45, 2.75) is 45.6 Å². The lowest BCUT2D eigenvalue weighted by molar-refractivity contribution is -0.132. The Morgan fingerprint density at radius 1 is 1.40 bits per heavy atom. The van der Waals surface area contributed by atoms with E-state index in [-0.39, 0.29) is 11.8 Å². The summed E-state index contributed by atoms with van der Waals surface area (Å²) in [6, 6.07) is 1.84. The summed E-state index contributed by atoms with van der Waals surface area (Å²) < 4.78 is 0. The molecule has 1 aromatic heterocycles. The zero-order chi connectivity index (χ0) is 14.5. The van der Waals surface area contributed by atoms with Crippen LogP contribution in [0.5, 0.6) is 0 Å². The average Bonchev–Trinajstić information content (AvgIpc) is 2.79. The number of nitrogens with one attached hydrogen (secondary N) is 1. The van der Waals surface area contributed by atoms with Gasteiger partial charge < -0.3 is 4.90 Å². The Morgan fingerprint density at radius 3 is 2.90 bits per heavy atom. The predicted molar refractivity (Wildman–Crippen MR) is 79.2 cm³/mol. The number of thiophene rings is 1. The second-order valence-electron chi connectivity index (χ2n) is 5.15. The summed E-state index contributed by atoms with van der Waals surface area (Å²) in [6.45, 7) is 3.38. The van der Waals surface area contributed by atoms with Gasteiger partial charge in [0.05, 0.1) is 4.88 Å². The van der Waals surface area contributed by atoms with Crippen LogP contribution < -0.4 is 11.3 Å². The van der Waals surface area contributed by atoms with Gasteiger partial charge in [0.2, 0.25) is 5.91 Å². The first-order valence-corrected chi connectivity index (χ1v) is 7.81. The van der Waals surface area contributed by atoms with E-state index >= 15 is 0 Å². The van der Waals surface area contributed by atoms with Crippen LogP contribution in [0.2, 0.25) is 0 Å². The summed E-state index contributed by atoms with van der Waals surface area (Å²) in [5, 5.41) is 0. The van der Waals surface area contributed by atoms with Gasteiger partial charge >= 0.3 is 0 Å². The largest absolute Gasteiger partial charge is 0.338 e. The zero-order valence-electron chi connectivity index (χ0n) is 11.8. The Balaban J connectivity index is 2.09. The minimum absolute atomic E-state index is 0.222. The van der Waals surface area contributed by atoms with Crippen LogP contribution in [0.1, 0.15) is 52.2 Å². The van der Waals surface area contributed by atoms with Crippen LogP contribution in [-0.2, 0) is 11.3 Å². The van der Waals surface area contributed by atoms with Gasteiger partial charge in [0.15, 0.2) is 0 Å². The Morgan fingerprint density at radius 2 is 2.15 bits per heavy atom. The number of hydrogen-bond donors (Lipinski definition) is 2. The van der Waals surface area contributed by atoms with Crippen LogP contribution in [0.4, 0.5) is 0 Å². The summed E-state index contributed by atoms with van der Waals surface area (Å²) in [6.07, 6.45) is 5.02. The van der Waals surface area contributed by atoms with E-state index in [2.05, 4.69) is 5.43 Å². The van der Waals surface area contributed by atoms with E-state index in [1.54, 1.807) is 0 Å². The van der Waals surface area contributed by atoms with E-state index < -0.39 is 0 Å². The molecule has 110 valence electrons. The molecule has 5 nitrogen and oxygen atoms in total. The lowest BCUT2D eigenvalue weighted by Crippen LogP contribution is -2.32. The van der Waals surface area contributed by atoms with Gasteiger partial charge in [0.25, 0.3) is 5.91 Å². The summed E-state index contributed by atoms with van der Waals surface area (Å²) >= 11 is 1.42. The van der Waals surface area contributed by atoms with Crippen molar-refractivity contribution in [3.05, 3.63) is 21.4 Å². The maximum atomic E-state index is 12.1. The Hall–Kier alpha value is -1.40. The number of amides is 2. The molecule has 1 fully saturated rings. The van der Waals surface area contributed by atoms with Crippen molar-refractivity contribution >= 4 is 23.2 Å². The lowest BCUT2D eigenvalue weighted by atomic mass is 10.1. The normalized spacial score (nSPS) is 16.7. The van der Waals surface area contributed by atoms with Crippen molar-refractivity contribution in [3.63, 3.8) is 0 Å². The fraction of sp³-hybridized carbons (Fsp3) is 0.571. The molecule has 0 unspecified atom stereocenters. The van der Waals surface area contributed by atoms with Gasteiger partial charge in [0, 0.05) is 24.4 Å². The molecule has 20 heavy (non-hydrogen) atoms. The SMILES string of the molecule is Cc1sc(C(=O)NN)cc1CN1CCCCCCC1=O. The number of likely N-dealkylation sites (tertiary alicyclic amines) is 1.